The molecule has 5 aromatic heterocycles. The molecule has 7 aromatic rings. The second-order valence-corrected chi connectivity index (χ2v) is 15.1. The van der Waals surface area contributed by atoms with Crippen molar-refractivity contribution in [1.82, 2.24) is 24.8 Å². The number of rotatable bonds is 6. The smallest absolute Gasteiger partial charge is 0.419 e. The van der Waals surface area contributed by atoms with Crippen molar-refractivity contribution in [3.63, 3.8) is 0 Å². The number of methoxy groups -OCH3 is 2. The molecule has 0 atom stereocenters. The first kappa shape index (κ1) is 40.1. The molecule has 1 aliphatic rings. The van der Waals surface area contributed by atoms with Gasteiger partial charge in [-0.2, -0.15) is 0 Å². The number of aromatic nitrogens is 5. The van der Waals surface area contributed by atoms with E-state index < -0.39 is 17.7 Å². The maximum atomic E-state index is 13.1. The summed E-state index contributed by atoms with van der Waals surface area (Å²) in [6.45, 7) is 13.0. The molecule has 0 unspecified atom stereocenters. The topological polar surface area (TPSA) is 162 Å². The van der Waals surface area contributed by atoms with Crippen molar-refractivity contribution in [2.75, 3.05) is 14.2 Å². The Labute approximate surface area is 340 Å². The van der Waals surface area contributed by atoms with Crippen molar-refractivity contribution >= 4 is 34.6 Å². The number of ether oxygens (including phenoxy) is 3. The Morgan fingerprint density at radius 2 is 1.22 bits per heavy atom. The fourth-order valence-corrected chi connectivity index (χ4v) is 7.12. The van der Waals surface area contributed by atoms with Gasteiger partial charge in [0, 0.05) is 52.0 Å². The molecule has 5 heterocycles. The minimum Gasteiger partial charge on any atom is -0.465 e. The van der Waals surface area contributed by atoms with Crippen LogP contribution in [0.1, 0.15) is 81.2 Å². The van der Waals surface area contributed by atoms with Crippen LogP contribution >= 0.6 is 0 Å². The summed E-state index contributed by atoms with van der Waals surface area (Å²) in [4.78, 5) is 45.8. The van der Waals surface area contributed by atoms with Crippen molar-refractivity contribution < 1.29 is 37.6 Å². The molecule has 0 aliphatic heterocycles. The summed E-state index contributed by atoms with van der Waals surface area (Å²) in [6.07, 6.45) is 7.79. The van der Waals surface area contributed by atoms with E-state index in [0.29, 0.717) is 27.9 Å². The van der Waals surface area contributed by atoms with E-state index in [0.717, 1.165) is 73.8 Å². The Kier molecular flexibility index (Phi) is 10.9. The number of aryl methyl sites for hydroxylation is 4. The maximum Gasteiger partial charge on any atom is 0.419 e. The van der Waals surface area contributed by atoms with E-state index in [2.05, 4.69) is 27.4 Å². The monoisotopic (exact) mass is 793 g/mol. The molecule has 300 valence electrons. The van der Waals surface area contributed by atoms with Crippen LogP contribution in [0.4, 0.5) is 4.79 Å². The number of carbonyl (C=O) groups excluding carboxylic acids is 3. The van der Waals surface area contributed by atoms with E-state index in [1.54, 1.807) is 48.8 Å². The van der Waals surface area contributed by atoms with Gasteiger partial charge in [0.1, 0.15) is 17.1 Å². The van der Waals surface area contributed by atoms with Gasteiger partial charge in [-0.1, -0.05) is 40.7 Å². The Morgan fingerprint density at radius 1 is 0.695 bits per heavy atom. The maximum absolute atomic E-state index is 13.1. The lowest BCUT2D eigenvalue weighted by atomic mass is 10.00. The number of benzene rings is 2. The number of fused-ring (bicyclic) bond motifs is 2. The molecule has 1 aliphatic carbocycles. The lowest BCUT2D eigenvalue weighted by Crippen LogP contribution is -2.26. The summed E-state index contributed by atoms with van der Waals surface area (Å²) in [5, 5.41) is 8.05. The van der Waals surface area contributed by atoms with Gasteiger partial charge < -0.3 is 23.3 Å². The van der Waals surface area contributed by atoms with E-state index >= 15 is 0 Å². The lowest BCUT2D eigenvalue weighted by molar-refractivity contribution is 0.0541. The summed E-state index contributed by atoms with van der Waals surface area (Å²) in [5.74, 6) is 0.719. The first-order valence-corrected chi connectivity index (χ1v) is 18.8. The molecule has 0 bridgehead atoms. The van der Waals surface area contributed by atoms with Crippen LogP contribution in [0.2, 0.25) is 0 Å². The third-order valence-corrected chi connectivity index (χ3v) is 9.86. The fourth-order valence-electron chi connectivity index (χ4n) is 7.12. The zero-order valence-electron chi connectivity index (χ0n) is 34.3. The van der Waals surface area contributed by atoms with Crippen molar-refractivity contribution in [2.45, 2.75) is 60.5 Å². The van der Waals surface area contributed by atoms with Crippen LogP contribution in [-0.2, 0) is 20.6 Å². The fraction of sp³-hybridized carbons (Fsp3) is 0.239. The quantitative estimate of drug-likeness (QED) is 0.116. The van der Waals surface area contributed by atoms with Crippen LogP contribution in [0.15, 0.2) is 94.4 Å². The molecule has 0 fully saturated rings. The molecule has 2 aromatic carbocycles. The Balaban J connectivity index is 0.000000184. The number of nitrogens with zero attached hydrogens (tertiary/aromatic N) is 5. The van der Waals surface area contributed by atoms with Gasteiger partial charge in [0.25, 0.3) is 0 Å². The average Bonchev–Trinajstić information content (AvgIpc) is 4.00. The van der Waals surface area contributed by atoms with Gasteiger partial charge in [-0.3, -0.25) is 14.5 Å². The second-order valence-electron chi connectivity index (χ2n) is 15.1. The molecule has 13 heteroatoms. The number of hydrogen-bond donors (Lipinski definition) is 0. The highest BCUT2D eigenvalue weighted by atomic mass is 16.6. The number of hydrogen-bond acceptors (Lipinski definition) is 12. The molecule has 0 saturated carbocycles. The van der Waals surface area contributed by atoms with Crippen molar-refractivity contribution in [3.8, 4) is 33.4 Å². The van der Waals surface area contributed by atoms with Gasteiger partial charge in [0.2, 0.25) is 0 Å². The third-order valence-electron chi connectivity index (χ3n) is 9.86. The molecular weight excluding hydrogens is 751 g/mol. The predicted octanol–water partition coefficient (Wildman–Crippen LogP) is 9.67. The van der Waals surface area contributed by atoms with Crippen LogP contribution in [0.3, 0.4) is 0 Å². The van der Waals surface area contributed by atoms with Crippen LogP contribution in [0.25, 0.3) is 50.0 Å². The van der Waals surface area contributed by atoms with E-state index in [1.165, 1.54) is 24.4 Å². The van der Waals surface area contributed by atoms with Crippen LogP contribution in [0.5, 0.6) is 0 Å². The second kappa shape index (κ2) is 16.0. The lowest BCUT2D eigenvalue weighted by Gasteiger charge is -2.19. The Hall–Kier alpha value is -7.15. The van der Waals surface area contributed by atoms with Gasteiger partial charge in [-0.25, -0.2) is 14.4 Å². The molecule has 0 saturated heterocycles. The van der Waals surface area contributed by atoms with Gasteiger partial charge in [-0.05, 0) is 108 Å². The van der Waals surface area contributed by atoms with Crippen molar-refractivity contribution in [2.24, 2.45) is 0 Å². The molecule has 59 heavy (non-hydrogen) atoms. The SMILES string of the molecule is COC(=O)c1ccc(-c2cn(C(=O)OC(C)(C)C)c3cc(-c4c(C)noc4C)cnc23)cc1.COC(=O)c1ccc(C2=CCc3cc(-c4c(C)noc4C)cnc32)cc1. The molecule has 8 rings (SSSR count). The zero-order valence-corrected chi connectivity index (χ0v) is 34.3. The van der Waals surface area contributed by atoms with Crippen LogP contribution in [0, 0.1) is 27.7 Å². The van der Waals surface area contributed by atoms with Gasteiger partial charge in [0.05, 0.1) is 53.5 Å². The normalized spacial score (nSPS) is 12.1. The minimum atomic E-state index is -0.664. The first-order chi connectivity index (χ1) is 28.2. The standard InChI is InChI=1S/C25H25N3O5.C21H18N2O3/c1-14-21(15(2)33-27-14)18-11-20-22(26-12-18)19(13-28(20)24(30)32-25(3,4)5)16-7-9-17(10-8-16)23(29)31-6;1-12-19(13(2)26-23-12)17-10-16-8-9-18(20(16)22-11-17)14-4-6-15(7-5-14)21(24)25-3/h7-13H,1-6H3;4-7,9-11H,8H2,1-3H3. The zero-order chi connectivity index (χ0) is 42.2. The highest BCUT2D eigenvalue weighted by Crippen LogP contribution is 2.37. The van der Waals surface area contributed by atoms with Crippen molar-refractivity contribution in [3.05, 3.63) is 136 Å². The van der Waals surface area contributed by atoms with Gasteiger partial charge >= 0.3 is 18.0 Å². The molecule has 0 radical (unpaired) electrons. The highest BCUT2D eigenvalue weighted by molar-refractivity contribution is 6.00. The summed E-state index contributed by atoms with van der Waals surface area (Å²) >= 11 is 0. The molecule has 0 amide bonds. The van der Waals surface area contributed by atoms with Crippen molar-refractivity contribution in [1.29, 1.82) is 0 Å². The van der Waals surface area contributed by atoms with Crippen LogP contribution in [-0.4, -0.2) is 62.7 Å². The first-order valence-electron chi connectivity index (χ1n) is 18.8. The van der Waals surface area contributed by atoms with Gasteiger partial charge in [0.15, 0.2) is 0 Å². The molecule has 0 N–H and O–H groups in total. The Bertz CT molecular complexity index is 2730. The van der Waals surface area contributed by atoms with Gasteiger partial charge in [-0.15, -0.1) is 0 Å². The number of allylic oxidation sites excluding steroid dienone is 1. The number of carbonyl (C=O) groups is 3. The highest BCUT2D eigenvalue weighted by Gasteiger charge is 2.24. The van der Waals surface area contributed by atoms with E-state index in [4.69, 9.17) is 28.2 Å². The summed E-state index contributed by atoms with van der Waals surface area (Å²) < 4.78 is 27.2. The largest absolute Gasteiger partial charge is 0.465 e. The number of pyridine rings is 2. The molecular formula is C46H43N5O8. The third kappa shape index (κ3) is 8.04. The summed E-state index contributed by atoms with van der Waals surface area (Å²) in [5.41, 5.74) is 12.6. The predicted molar refractivity (Wildman–Crippen MR) is 221 cm³/mol. The van der Waals surface area contributed by atoms with Crippen LogP contribution < -0.4 is 0 Å². The molecule has 0 spiro atoms. The van der Waals surface area contributed by atoms with E-state index in [1.807, 2.05) is 72.9 Å². The number of esters is 2. The summed E-state index contributed by atoms with van der Waals surface area (Å²) in [6, 6.07) is 18.4. The molecule has 13 nitrogen and oxygen atoms in total. The van der Waals surface area contributed by atoms with E-state index in [9.17, 15) is 14.4 Å². The van der Waals surface area contributed by atoms with E-state index in [-0.39, 0.29) is 5.97 Å². The average molecular weight is 794 g/mol. The minimum absolute atomic E-state index is 0.334. The summed E-state index contributed by atoms with van der Waals surface area (Å²) in [7, 11) is 2.72. The Morgan fingerprint density at radius 3 is 1.73 bits per heavy atom.